The second-order valence-corrected chi connectivity index (χ2v) is 4.26. The van der Waals surface area contributed by atoms with Crippen LogP contribution in [0.1, 0.15) is 11.1 Å². The Bertz CT molecular complexity index is 596. The summed E-state index contributed by atoms with van der Waals surface area (Å²) in [7, 11) is 0. The number of nitrogen functional groups attached to an aromatic ring is 1. The number of aromatic nitrogens is 2. The molecule has 2 rings (SSSR count). The zero-order valence-electron chi connectivity index (χ0n) is 8.89. The predicted octanol–water partition coefficient (Wildman–Crippen LogP) is 1.55. The molecular weight excluding hydrogens is 282 g/mol. The van der Waals surface area contributed by atoms with Crippen molar-refractivity contribution in [2.45, 2.75) is 6.54 Å². The van der Waals surface area contributed by atoms with Gasteiger partial charge in [-0.2, -0.15) is 10.4 Å². The summed E-state index contributed by atoms with van der Waals surface area (Å²) in [6.45, 7) is 0.359. The largest absolute Gasteiger partial charge is 0.382 e. The number of nitrogens with zero attached hydrogens (tertiary/aromatic N) is 3. The van der Waals surface area contributed by atoms with E-state index < -0.39 is 0 Å². The van der Waals surface area contributed by atoms with Gasteiger partial charge in [0.2, 0.25) is 0 Å². The third-order valence-corrected chi connectivity index (χ3v) is 3.20. The lowest BCUT2D eigenvalue weighted by Crippen LogP contribution is -2.09. The fourth-order valence-electron chi connectivity index (χ4n) is 1.58. The smallest absolute Gasteiger partial charge is 0.145 e. The predicted molar refractivity (Wildman–Crippen MR) is 68.3 cm³/mol. The summed E-state index contributed by atoms with van der Waals surface area (Å²) in [5, 5.41) is 12.9. The minimum absolute atomic E-state index is 0.320. The molecule has 2 aromatic rings. The lowest BCUT2D eigenvalue weighted by Gasteiger charge is -2.11. The number of nitriles is 1. The molecule has 1 aromatic heterocycles. The second-order valence-electron chi connectivity index (χ2n) is 3.41. The van der Waals surface area contributed by atoms with Gasteiger partial charge in [-0.3, -0.25) is 0 Å². The molecule has 4 N–H and O–H groups in total. The molecule has 17 heavy (non-hydrogen) atoms. The molecule has 0 aliphatic heterocycles. The Morgan fingerprint density at radius 1 is 1.47 bits per heavy atom. The van der Waals surface area contributed by atoms with Crippen LogP contribution in [-0.4, -0.2) is 9.78 Å². The quantitative estimate of drug-likeness (QED) is 0.878. The summed E-state index contributed by atoms with van der Waals surface area (Å²) in [5.74, 6) is 0.320. The van der Waals surface area contributed by atoms with Crippen molar-refractivity contribution in [3.8, 4) is 11.8 Å². The van der Waals surface area contributed by atoms with Crippen molar-refractivity contribution < 1.29 is 0 Å². The van der Waals surface area contributed by atoms with E-state index in [-0.39, 0.29) is 0 Å². The normalized spacial score (nSPS) is 10.2. The van der Waals surface area contributed by atoms with E-state index in [1.807, 2.05) is 24.3 Å². The van der Waals surface area contributed by atoms with Gasteiger partial charge in [0, 0.05) is 16.6 Å². The highest BCUT2D eigenvalue weighted by molar-refractivity contribution is 9.10. The highest BCUT2D eigenvalue weighted by atomic mass is 79.9. The molecule has 0 unspecified atom stereocenters. The van der Waals surface area contributed by atoms with Gasteiger partial charge in [0.25, 0.3) is 0 Å². The van der Waals surface area contributed by atoms with E-state index in [1.54, 1.807) is 0 Å². The van der Waals surface area contributed by atoms with Crippen LogP contribution in [0, 0.1) is 11.3 Å². The van der Waals surface area contributed by atoms with Crippen molar-refractivity contribution in [1.82, 2.24) is 9.78 Å². The van der Waals surface area contributed by atoms with Crippen LogP contribution >= 0.6 is 15.9 Å². The van der Waals surface area contributed by atoms with Gasteiger partial charge >= 0.3 is 0 Å². The van der Waals surface area contributed by atoms with Crippen LogP contribution in [0.4, 0.5) is 5.82 Å². The van der Waals surface area contributed by atoms with E-state index in [2.05, 4.69) is 21.0 Å². The van der Waals surface area contributed by atoms with E-state index in [9.17, 15) is 0 Å². The van der Waals surface area contributed by atoms with Gasteiger partial charge in [0.1, 0.15) is 17.5 Å². The van der Waals surface area contributed by atoms with Crippen molar-refractivity contribution >= 4 is 21.7 Å². The molecule has 0 saturated heterocycles. The number of benzene rings is 1. The monoisotopic (exact) mass is 291 g/mol. The summed E-state index contributed by atoms with van der Waals surface area (Å²) in [4.78, 5) is 0. The Morgan fingerprint density at radius 3 is 2.82 bits per heavy atom. The molecule has 0 saturated carbocycles. The molecule has 0 amide bonds. The van der Waals surface area contributed by atoms with Crippen LogP contribution in [0.2, 0.25) is 0 Å². The molecule has 1 heterocycles. The van der Waals surface area contributed by atoms with Crippen LogP contribution in [-0.2, 0) is 6.54 Å². The Morgan fingerprint density at radius 2 is 2.24 bits per heavy atom. The van der Waals surface area contributed by atoms with E-state index >= 15 is 0 Å². The fourth-order valence-corrected chi connectivity index (χ4v) is 2.10. The van der Waals surface area contributed by atoms with E-state index in [0.717, 1.165) is 15.7 Å². The third-order valence-electron chi connectivity index (χ3n) is 2.45. The number of hydrogen-bond acceptors (Lipinski definition) is 4. The molecule has 0 fully saturated rings. The summed E-state index contributed by atoms with van der Waals surface area (Å²) >= 11 is 3.43. The van der Waals surface area contributed by atoms with Crippen molar-refractivity contribution in [3.05, 3.63) is 40.0 Å². The van der Waals surface area contributed by atoms with Crippen LogP contribution in [0.5, 0.6) is 0 Å². The first-order chi connectivity index (χ1) is 8.19. The molecule has 1 aromatic carbocycles. The maximum Gasteiger partial charge on any atom is 0.145 e. The number of nitrogens with two attached hydrogens (primary N) is 2. The van der Waals surface area contributed by atoms with Gasteiger partial charge in [-0.05, 0) is 12.1 Å². The van der Waals surface area contributed by atoms with Crippen LogP contribution in [0.3, 0.4) is 0 Å². The maximum atomic E-state index is 8.84. The van der Waals surface area contributed by atoms with Crippen molar-refractivity contribution in [1.29, 1.82) is 5.26 Å². The van der Waals surface area contributed by atoms with Gasteiger partial charge < -0.3 is 11.5 Å². The van der Waals surface area contributed by atoms with Crippen LogP contribution < -0.4 is 11.5 Å². The van der Waals surface area contributed by atoms with Crippen LogP contribution in [0.15, 0.2) is 28.9 Å². The Labute approximate surface area is 107 Å². The van der Waals surface area contributed by atoms with E-state index in [4.69, 9.17) is 16.7 Å². The molecule has 0 spiro atoms. The number of anilines is 1. The average Bonchev–Trinajstić information content (AvgIpc) is 2.70. The van der Waals surface area contributed by atoms with Crippen LogP contribution in [0.25, 0.3) is 5.69 Å². The first-order valence-corrected chi connectivity index (χ1v) is 5.69. The summed E-state index contributed by atoms with van der Waals surface area (Å²) in [6.07, 6.45) is 1.44. The molecule has 0 aliphatic rings. The van der Waals surface area contributed by atoms with Gasteiger partial charge in [0.05, 0.1) is 11.9 Å². The second kappa shape index (κ2) is 4.57. The van der Waals surface area contributed by atoms with Crippen molar-refractivity contribution in [2.24, 2.45) is 5.73 Å². The first-order valence-electron chi connectivity index (χ1n) is 4.90. The van der Waals surface area contributed by atoms with E-state index in [0.29, 0.717) is 17.9 Å². The molecule has 0 aliphatic carbocycles. The molecule has 5 nitrogen and oxygen atoms in total. The van der Waals surface area contributed by atoms with Crippen molar-refractivity contribution in [3.63, 3.8) is 0 Å². The molecule has 0 bridgehead atoms. The zero-order valence-corrected chi connectivity index (χ0v) is 10.5. The SMILES string of the molecule is N#Cc1cnn(-c2cccc(Br)c2CN)c1N. The zero-order chi connectivity index (χ0) is 12.4. The lowest BCUT2D eigenvalue weighted by molar-refractivity contribution is 0.866. The summed E-state index contributed by atoms with van der Waals surface area (Å²) in [5.41, 5.74) is 13.6. The number of rotatable bonds is 2. The highest BCUT2D eigenvalue weighted by Crippen LogP contribution is 2.25. The third kappa shape index (κ3) is 1.90. The average molecular weight is 292 g/mol. The minimum Gasteiger partial charge on any atom is -0.382 e. The van der Waals surface area contributed by atoms with Crippen molar-refractivity contribution in [2.75, 3.05) is 5.73 Å². The first kappa shape index (κ1) is 11.6. The topological polar surface area (TPSA) is 93.6 Å². The number of halogens is 1. The maximum absolute atomic E-state index is 8.84. The standard InChI is InChI=1S/C11H10BrN5/c12-9-2-1-3-10(8(9)5-14)17-11(15)7(4-13)6-16-17/h1-3,6H,5,14-15H2. The highest BCUT2D eigenvalue weighted by Gasteiger charge is 2.12. The fraction of sp³-hybridized carbons (Fsp3) is 0.0909. The van der Waals surface area contributed by atoms with Gasteiger partial charge in [-0.1, -0.05) is 22.0 Å². The van der Waals surface area contributed by atoms with Gasteiger partial charge in [0.15, 0.2) is 0 Å². The molecule has 6 heteroatoms. The summed E-state index contributed by atoms with van der Waals surface area (Å²) in [6, 6.07) is 7.61. The lowest BCUT2D eigenvalue weighted by atomic mass is 10.2. The molecule has 86 valence electrons. The summed E-state index contributed by atoms with van der Waals surface area (Å²) < 4.78 is 2.41. The minimum atomic E-state index is 0.320. The Hall–Kier alpha value is -1.84. The molecule has 0 radical (unpaired) electrons. The van der Waals surface area contributed by atoms with E-state index in [1.165, 1.54) is 10.9 Å². The Balaban J connectivity index is 2.65. The molecule has 0 atom stereocenters. The van der Waals surface area contributed by atoms with Gasteiger partial charge in [-0.25, -0.2) is 4.68 Å². The number of hydrogen-bond donors (Lipinski definition) is 2. The Kier molecular flexibility index (Phi) is 3.13. The van der Waals surface area contributed by atoms with Gasteiger partial charge in [-0.15, -0.1) is 0 Å². The molecular formula is C11H10BrN5.